The van der Waals surface area contributed by atoms with Gasteiger partial charge >= 0.3 is 0 Å². The minimum atomic E-state index is -0.347. The van der Waals surface area contributed by atoms with Crippen molar-refractivity contribution in [1.29, 1.82) is 0 Å². The molecule has 1 fully saturated rings. The molecular formula is C24H25N3O4. The Morgan fingerprint density at radius 1 is 1.26 bits per heavy atom. The Balaban J connectivity index is 1.63. The molecule has 2 aromatic carbocycles. The van der Waals surface area contributed by atoms with E-state index in [0.717, 1.165) is 36.3 Å². The van der Waals surface area contributed by atoms with Crippen molar-refractivity contribution in [2.75, 3.05) is 19.8 Å². The molecule has 2 aliphatic heterocycles. The van der Waals surface area contributed by atoms with Crippen LogP contribution in [0.4, 0.5) is 0 Å². The number of hydrogen-bond acceptors (Lipinski definition) is 5. The number of hydrogen-bond donors (Lipinski definition) is 2. The molecule has 0 radical (unpaired) electrons. The van der Waals surface area contributed by atoms with Crippen molar-refractivity contribution in [2.45, 2.75) is 31.9 Å². The summed E-state index contributed by atoms with van der Waals surface area (Å²) in [5.74, 6) is 0.778. The monoisotopic (exact) mass is 419 g/mol. The number of fused-ring (bicyclic) bond motifs is 1. The van der Waals surface area contributed by atoms with Crippen LogP contribution in [-0.2, 0) is 4.74 Å². The molecular weight excluding hydrogens is 394 g/mol. The normalized spacial score (nSPS) is 20.3. The van der Waals surface area contributed by atoms with Gasteiger partial charge in [-0.1, -0.05) is 24.3 Å². The molecule has 7 heteroatoms. The highest BCUT2D eigenvalue weighted by Crippen LogP contribution is 2.45. The Bertz CT molecular complexity index is 1100. The van der Waals surface area contributed by atoms with Crippen LogP contribution in [0.2, 0.25) is 0 Å². The maximum Gasteiger partial charge on any atom is 0.273 e. The van der Waals surface area contributed by atoms with Gasteiger partial charge in [-0.2, -0.15) is 5.10 Å². The first-order valence-electron chi connectivity index (χ1n) is 10.7. The number of ether oxygens (including phenoxy) is 2. The molecule has 1 amide bonds. The molecule has 160 valence electrons. The second-order valence-corrected chi connectivity index (χ2v) is 7.88. The smallest absolute Gasteiger partial charge is 0.273 e. The number of rotatable bonds is 6. The van der Waals surface area contributed by atoms with Gasteiger partial charge in [0.2, 0.25) is 0 Å². The van der Waals surface area contributed by atoms with E-state index in [1.54, 1.807) is 12.1 Å². The van der Waals surface area contributed by atoms with Crippen LogP contribution >= 0.6 is 0 Å². The molecule has 2 aliphatic rings. The minimum Gasteiger partial charge on any atom is -0.507 e. The van der Waals surface area contributed by atoms with Crippen LogP contribution in [0.25, 0.3) is 11.3 Å². The molecule has 0 saturated carbocycles. The maximum atomic E-state index is 13.4. The van der Waals surface area contributed by atoms with Crippen LogP contribution in [-0.4, -0.2) is 52.0 Å². The number of nitrogens with one attached hydrogen (secondary N) is 1. The maximum absolute atomic E-state index is 13.4. The number of carbonyl (C=O) groups excluding carboxylic acids is 1. The SMILES string of the molecule is CCOc1cccc([C@H]2c3c(-c4ccccc4O)n[nH]c3C(=O)N2C[C@H]2CCCO2)c1. The first-order chi connectivity index (χ1) is 15.2. The number of phenols is 1. The molecule has 7 nitrogen and oxygen atoms in total. The number of nitrogens with zero attached hydrogens (tertiary/aromatic N) is 2. The Morgan fingerprint density at radius 3 is 2.90 bits per heavy atom. The van der Waals surface area contributed by atoms with E-state index in [1.165, 1.54) is 0 Å². The highest BCUT2D eigenvalue weighted by Gasteiger charge is 2.43. The Kier molecular flexibility index (Phi) is 5.11. The molecule has 0 bridgehead atoms. The van der Waals surface area contributed by atoms with Crippen molar-refractivity contribution in [3.05, 3.63) is 65.4 Å². The molecule has 31 heavy (non-hydrogen) atoms. The van der Waals surface area contributed by atoms with Gasteiger partial charge in [-0.15, -0.1) is 0 Å². The van der Waals surface area contributed by atoms with E-state index in [-0.39, 0.29) is 23.8 Å². The number of phenolic OH excluding ortho intramolecular Hbond substituents is 1. The zero-order chi connectivity index (χ0) is 21.4. The zero-order valence-electron chi connectivity index (χ0n) is 17.4. The van der Waals surface area contributed by atoms with Crippen molar-refractivity contribution in [3.8, 4) is 22.8 Å². The van der Waals surface area contributed by atoms with Gasteiger partial charge in [0.25, 0.3) is 5.91 Å². The average Bonchev–Trinajstić information content (AvgIpc) is 3.49. The summed E-state index contributed by atoms with van der Waals surface area (Å²) in [5, 5.41) is 17.8. The third-order valence-corrected chi connectivity index (χ3v) is 5.93. The molecule has 3 heterocycles. The van der Waals surface area contributed by atoms with E-state index < -0.39 is 0 Å². The van der Waals surface area contributed by atoms with Crippen LogP contribution in [0, 0.1) is 0 Å². The number of aromatic amines is 1. The van der Waals surface area contributed by atoms with Gasteiger partial charge in [-0.25, -0.2) is 0 Å². The van der Waals surface area contributed by atoms with Crippen molar-refractivity contribution in [3.63, 3.8) is 0 Å². The summed E-state index contributed by atoms with van der Waals surface area (Å²) in [6.07, 6.45) is 1.97. The minimum absolute atomic E-state index is 0.0204. The summed E-state index contributed by atoms with van der Waals surface area (Å²) in [5.41, 5.74) is 3.36. The van der Waals surface area contributed by atoms with Crippen molar-refractivity contribution < 1.29 is 19.4 Å². The van der Waals surface area contributed by atoms with Crippen LogP contribution in [0.1, 0.15) is 47.4 Å². The fourth-order valence-corrected chi connectivity index (χ4v) is 4.56. The van der Waals surface area contributed by atoms with Gasteiger partial charge < -0.3 is 19.5 Å². The van der Waals surface area contributed by atoms with E-state index >= 15 is 0 Å². The van der Waals surface area contributed by atoms with Gasteiger partial charge in [-0.05, 0) is 49.6 Å². The van der Waals surface area contributed by atoms with Crippen LogP contribution in [0.3, 0.4) is 0 Å². The number of aromatic nitrogens is 2. The predicted octanol–water partition coefficient (Wildman–Crippen LogP) is 3.91. The zero-order valence-corrected chi connectivity index (χ0v) is 17.4. The van der Waals surface area contributed by atoms with Crippen molar-refractivity contribution in [1.82, 2.24) is 15.1 Å². The molecule has 3 aromatic rings. The van der Waals surface area contributed by atoms with Crippen LogP contribution in [0.15, 0.2) is 48.5 Å². The van der Waals surface area contributed by atoms with Gasteiger partial charge in [-0.3, -0.25) is 9.89 Å². The van der Waals surface area contributed by atoms with Gasteiger partial charge in [0, 0.05) is 24.3 Å². The van der Waals surface area contributed by atoms with Gasteiger partial charge in [0.15, 0.2) is 0 Å². The van der Waals surface area contributed by atoms with E-state index in [1.807, 2.05) is 48.2 Å². The Labute approximate surface area is 180 Å². The number of aromatic hydroxyl groups is 1. The summed E-state index contributed by atoms with van der Waals surface area (Å²) in [6, 6.07) is 14.5. The summed E-state index contributed by atoms with van der Waals surface area (Å²) < 4.78 is 11.5. The van der Waals surface area contributed by atoms with Gasteiger partial charge in [0.05, 0.1) is 18.8 Å². The summed E-state index contributed by atoms with van der Waals surface area (Å²) in [6.45, 7) is 3.74. The van der Waals surface area contributed by atoms with Crippen LogP contribution in [0.5, 0.6) is 11.5 Å². The molecule has 2 N–H and O–H groups in total. The molecule has 1 aromatic heterocycles. The fourth-order valence-electron chi connectivity index (χ4n) is 4.56. The quantitative estimate of drug-likeness (QED) is 0.633. The van der Waals surface area contributed by atoms with E-state index in [0.29, 0.717) is 30.1 Å². The topological polar surface area (TPSA) is 87.7 Å². The van der Waals surface area contributed by atoms with Crippen molar-refractivity contribution in [2.24, 2.45) is 0 Å². The molecule has 1 saturated heterocycles. The first-order valence-corrected chi connectivity index (χ1v) is 10.7. The number of para-hydroxylation sites is 1. The highest BCUT2D eigenvalue weighted by atomic mass is 16.5. The van der Waals surface area contributed by atoms with Crippen molar-refractivity contribution >= 4 is 5.91 Å². The molecule has 5 rings (SSSR count). The number of H-pyrrole nitrogens is 1. The van der Waals surface area contributed by atoms with E-state index in [2.05, 4.69) is 10.2 Å². The lowest BCUT2D eigenvalue weighted by Crippen LogP contribution is -2.36. The molecule has 0 spiro atoms. The second-order valence-electron chi connectivity index (χ2n) is 7.88. The average molecular weight is 419 g/mol. The van der Waals surface area contributed by atoms with Gasteiger partial charge in [0.1, 0.15) is 22.9 Å². The Hall–Kier alpha value is -3.32. The lowest BCUT2D eigenvalue weighted by Gasteiger charge is -2.28. The van der Waals surface area contributed by atoms with E-state index in [9.17, 15) is 9.90 Å². The fraction of sp³-hybridized carbons (Fsp3) is 0.333. The number of carbonyl (C=O) groups is 1. The standard InChI is InChI=1S/C24H25N3O4/c1-2-30-16-8-5-7-15(13-16)23-20-21(18-10-3-4-11-19(18)28)25-26-22(20)24(29)27(23)14-17-9-6-12-31-17/h3-5,7-8,10-11,13,17,23,28H,2,6,9,12,14H2,1H3,(H,25,26)/t17-,23+/m1/s1. The molecule has 0 unspecified atom stereocenters. The molecule has 0 aliphatic carbocycles. The highest BCUT2D eigenvalue weighted by molar-refractivity contribution is 6.00. The summed E-state index contributed by atoms with van der Waals surface area (Å²) in [7, 11) is 0. The predicted molar refractivity (Wildman–Crippen MR) is 115 cm³/mol. The lowest BCUT2D eigenvalue weighted by atomic mass is 9.95. The third-order valence-electron chi connectivity index (χ3n) is 5.93. The Morgan fingerprint density at radius 2 is 2.13 bits per heavy atom. The number of amides is 1. The summed E-state index contributed by atoms with van der Waals surface area (Å²) in [4.78, 5) is 15.3. The number of benzene rings is 2. The largest absolute Gasteiger partial charge is 0.507 e. The van der Waals surface area contributed by atoms with Crippen LogP contribution < -0.4 is 4.74 Å². The summed E-state index contributed by atoms with van der Waals surface area (Å²) >= 11 is 0. The first kappa shape index (κ1) is 19.6. The molecule has 2 atom stereocenters. The second kappa shape index (κ2) is 8.07. The lowest BCUT2D eigenvalue weighted by molar-refractivity contribution is 0.0495. The van der Waals surface area contributed by atoms with E-state index in [4.69, 9.17) is 9.47 Å². The third kappa shape index (κ3) is 3.45.